The molecule has 0 saturated carbocycles. The van der Waals surface area contributed by atoms with Crippen LogP contribution in [-0.2, 0) is 11.0 Å². The zero-order chi connectivity index (χ0) is 10.1. The maximum atomic E-state index is 12.7. The molecule has 0 spiro atoms. The second-order valence-corrected chi connectivity index (χ2v) is 2.12. The number of pyridine rings is 1. The summed E-state index contributed by atoms with van der Waals surface area (Å²) in [6.45, 7) is 0. The summed E-state index contributed by atoms with van der Waals surface area (Å²) in [6.07, 6.45) is -3.15. The quantitative estimate of drug-likeness (QED) is 0.634. The summed E-state index contributed by atoms with van der Waals surface area (Å²) in [5, 5.41) is 0. The first-order chi connectivity index (χ1) is 5.96. The number of rotatable bonds is 1. The van der Waals surface area contributed by atoms with Crippen LogP contribution in [0.5, 0.6) is 0 Å². The molecule has 1 aromatic rings. The molecule has 0 N–H and O–H groups in total. The molecule has 0 aliphatic carbocycles. The summed E-state index contributed by atoms with van der Waals surface area (Å²) >= 11 is 0. The van der Waals surface area contributed by atoms with Crippen molar-refractivity contribution in [3.63, 3.8) is 0 Å². The van der Waals surface area contributed by atoms with Gasteiger partial charge in [0.2, 0.25) is 6.29 Å². The summed E-state index contributed by atoms with van der Waals surface area (Å²) in [7, 11) is 0. The number of carbonyl (C=O) groups excluding carboxylic acids is 1. The number of nitrogens with zero attached hydrogens (tertiary/aromatic N) is 1. The zero-order valence-corrected chi connectivity index (χ0v) is 6.02. The molecule has 1 heterocycles. The molecule has 2 nitrogen and oxygen atoms in total. The largest absolute Gasteiger partial charge is 0.436 e. The molecule has 1 radical (unpaired) electrons. The first-order valence-electron chi connectivity index (χ1n) is 3.06. The van der Waals surface area contributed by atoms with Crippen molar-refractivity contribution in [3.8, 4) is 0 Å². The van der Waals surface area contributed by atoms with Gasteiger partial charge in [-0.3, -0.25) is 4.79 Å². The first-order valence-corrected chi connectivity index (χ1v) is 3.06. The molecule has 0 aliphatic heterocycles. The van der Waals surface area contributed by atoms with E-state index in [1.165, 1.54) is 0 Å². The first kappa shape index (κ1) is 9.63. The minimum absolute atomic E-state index is 0.701. The fraction of sp³-hybridized carbons (Fsp3) is 0.143. The molecule has 0 aromatic carbocycles. The third-order valence-electron chi connectivity index (χ3n) is 1.27. The molecule has 13 heavy (non-hydrogen) atoms. The van der Waals surface area contributed by atoms with E-state index in [2.05, 4.69) is 4.98 Å². The molecular weight excluding hydrogens is 190 g/mol. The standard InChI is InChI=1S/C7H2F4NO/c8-5-4(3-13)1-2-12-6(5)7(9,10)11/h1-2H. The lowest BCUT2D eigenvalue weighted by molar-refractivity contribution is -0.143. The summed E-state index contributed by atoms with van der Waals surface area (Å²) < 4.78 is 48.5. The third kappa shape index (κ3) is 1.82. The Hall–Kier alpha value is -1.46. The van der Waals surface area contributed by atoms with Gasteiger partial charge in [0.1, 0.15) is 0 Å². The van der Waals surface area contributed by atoms with Gasteiger partial charge in [-0.05, 0) is 6.07 Å². The Balaban J connectivity index is 3.32. The van der Waals surface area contributed by atoms with Gasteiger partial charge in [-0.15, -0.1) is 0 Å². The highest BCUT2D eigenvalue weighted by Gasteiger charge is 2.36. The number of alkyl halides is 3. The molecule has 0 atom stereocenters. The average Bonchev–Trinajstić information content (AvgIpc) is 2.02. The average molecular weight is 192 g/mol. The van der Waals surface area contributed by atoms with Crippen LogP contribution in [0, 0.1) is 5.82 Å². The molecule has 0 unspecified atom stereocenters. The maximum Gasteiger partial charge on any atom is 0.436 e. The van der Waals surface area contributed by atoms with Gasteiger partial charge in [-0.2, -0.15) is 13.2 Å². The van der Waals surface area contributed by atoms with Gasteiger partial charge in [0.25, 0.3) is 0 Å². The molecule has 0 aliphatic rings. The minimum Gasteiger partial charge on any atom is -0.285 e. The summed E-state index contributed by atoms with van der Waals surface area (Å²) in [5.41, 5.74) is -2.48. The van der Waals surface area contributed by atoms with Crippen molar-refractivity contribution in [1.82, 2.24) is 4.98 Å². The molecule has 0 bridgehead atoms. The SMILES string of the molecule is O=[C]c1ccnc(C(F)(F)F)c1F. The van der Waals surface area contributed by atoms with Crippen LogP contribution in [0.15, 0.2) is 12.3 Å². The van der Waals surface area contributed by atoms with Crippen LogP contribution in [0.25, 0.3) is 0 Å². The molecule has 0 amide bonds. The van der Waals surface area contributed by atoms with Crippen molar-refractivity contribution in [2.75, 3.05) is 0 Å². The van der Waals surface area contributed by atoms with Crippen LogP contribution in [-0.4, -0.2) is 11.3 Å². The van der Waals surface area contributed by atoms with E-state index in [-0.39, 0.29) is 0 Å². The molecule has 69 valence electrons. The highest BCUT2D eigenvalue weighted by molar-refractivity contribution is 5.75. The Morgan fingerprint density at radius 1 is 1.38 bits per heavy atom. The van der Waals surface area contributed by atoms with Crippen molar-refractivity contribution in [2.45, 2.75) is 6.18 Å². The van der Waals surface area contributed by atoms with Crippen LogP contribution >= 0.6 is 0 Å². The Kier molecular flexibility index (Phi) is 2.31. The lowest BCUT2D eigenvalue weighted by Gasteiger charge is -2.06. The minimum atomic E-state index is -4.89. The molecule has 1 aromatic heterocycles. The van der Waals surface area contributed by atoms with Crippen LogP contribution in [0.1, 0.15) is 11.3 Å². The van der Waals surface area contributed by atoms with Crippen LogP contribution in [0.2, 0.25) is 0 Å². The number of hydrogen-bond acceptors (Lipinski definition) is 2. The van der Waals surface area contributed by atoms with Crippen molar-refractivity contribution < 1.29 is 22.4 Å². The third-order valence-corrected chi connectivity index (χ3v) is 1.27. The van der Waals surface area contributed by atoms with E-state index in [0.717, 1.165) is 12.4 Å². The second-order valence-electron chi connectivity index (χ2n) is 2.12. The maximum absolute atomic E-state index is 12.7. The van der Waals surface area contributed by atoms with Crippen molar-refractivity contribution >= 4 is 6.29 Å². The van der Waals surface area contributed by atoms with Crippen LogP contribution < -0.4 is 0 Å². The van der Waals surface area contributed by atoms with Gasteiger partial charge in [-0.1, -0.05) is 0 Å². The lowest BCUT2D eigenvalue weighted by Crippen LogP contribution is -2.12. The Bertz CT molecular complexity index is 334. The molecule has 6 heteroatoms. The van der Waals surface area contributed by atoms with Gasteiger partial charge < -0.3 is 0 Å². The predicted octanol–water partition coefficient (Wildman–Crippen LogP) is 1.70. The zero-order valence-electron chi connectivity index (χ0n) is 6.02. The van der Waals surface area contributed by atoms with E-state index in [0.29, 0.717) is 6.20 Å². The van der Waals surface area contributed by atoms with E-state index in [1.807, 2.05) is 0 Å². The highest BCUT2D eigenvalue weighted by atomic mass is 19.4. The second kappa shape index (κ2) is 3.12. The Morgan fingerprint density at radius 3 is 2.46 bits per heavy atom. The van der Waals surface area contributed by atoms with E-state index in [4.69, 9.17) is 0 Å². The summed E-state index contributed by atoms with van der Waals surface area (Å²) in [6, 6.07) is 0.817. The van der Waals surface area contributed by atoms with E-state index >= 15 is 0 Å². The number of halogens is 4. The summed E-state index contributed by atoms with van der Waals surface area (Å²) in [5.74, 6) is -1.69. The fourth-order valence-electron chi connectivity index (χ4n) is 0.720. The normalized spacial score (nSPS) is 11.4. The van der Waals surface area contributed by atoms with Crippen molar-refractivity contribution in [2.24, 2.45) is 0 Å². The summed E-state index contributed by atoms with van der Waals surface area (Å²) in [4.78, 5) is 12.7. The molecule has 1 rings (SSSR count). The molecule has 0 fully saturated rings. The number of aromatic nitrogens is 1. The van der Waals surface area contributed by atoms with Crippen LogP contribution in [0.4, 0.5) is 17.6 Å². The van der Waals surface area contributed by atoms with Gasteiger partial charge in [0, 0.05) is 6.20 Å². The van der Waals surface area contributed by atoms with Crippen LogP contribution in [0.3, 0.4) is 0 Å². The van der Waals surface area contributed by atoms with E-state index in [1.54, 1.807) is 0 Å². The highest BCUT2D eigenvalue weighted by Crippen LogP contribution is 2.29. The van der Waals surface area contributed by atoms with Gasteiger partial charge >= 0.3 is 6.18 Å². The van der Waals surface area contributed by atoms with E-state index in [9.17, 15) is 22.4 Å². The van der Waals surface area contributed by atoms with Gasteiger partial charge in [0.15, 0.2) is 11.5 Å². The predicted molar refractivity (Wildman–Crippen MR) is 34.0 cm³/mol. The van der Waals surface area contributed by atoms with Crippen molar-refractivity contribution in [1.29, 1.82) is 0 Å². The fourth-order valence-corrected chi connectivity index (χ4v) is 0.720. The smallest absolute Gasteiger partial charge is 0.285 e. The van der Waals surface area contributed by atoms with Gasteiger partial charge in [0.05, 0.1) is 5.56 Å². The number of hydrogen-bond donors (Lipinski definition) is 0. The lowest BCUT2D eigenvalue weighted by atomic mass is 10.2. The molecule has 0 saturated heterocycles. The monoisotopic (exact) mass is 192 g/mol. The van der Waals surface area contributed by atoms with Gasteiger partial charge in [-0.25, -0.2) is 9.37 Å². The molecular formula is C7H2F4NO. The Labute approximate surface area is 70.2 Å². The topological polar surface area (TPSA) is 30.0 Å². The van der Waals surface area contributed by atoms with Crippen molar-refractivity contribution in [3.05, 3.63) is 29.3 Å². The van der Waals surface area contributed by atoms with E-state index < -0.39 is 23.3 Å². The Morgan fingerprint density at radius 2 is 2.00 bits per heavy atom.